The van der Waals surface area contributed by atoms with Crippen LogP contribution in [0.3, 0.4) is 0 Å². The van der Waals surface area contributed by atoms with Gasteiger partial charge in [-0.1, -0.05) is 20.8 Å². The van der Waals surface area contributed by atoms with Gasteiger partial charge in [-0.25, -0.2) is 4.79 Å². The molecule has 0 aromatic carbocycles. The van der Waals surface area contributed by atoms with E-state index >= 15 is 0 Å². The summed E-state index contributed by atoms with van der Waals surface area (Å²) in [6.45, 7) is 4.64. The van der Waals surface area contributed by atoms with Crippen molar-refractivity contribution in [2.45, 2.75) is 27.3 Å². The third-order valence-electron chi connectivity index (χ3n) is 2.84. The first kappa shape index (κ1) is 16.5. The molecule has 1 rings (SSSR count). The summed E-state index contributed by atoms with van der Waals surface area (Å²) >= 11 is 0. The van der Waals surface area contributed by atoms with E-state index in [9.17, 15) is 24.5 Å². The predicted octanol–water partition coefficient (Wildman–Crippen LogP) is 1.16. The zero-order valence-corrected chi connectivity index (χ0v) is 12.2. The first-order chi connectivity index (χ1) is 9.57. The highest BCUT2D eigenvalue weighted by molar-refractivity contribution is 5.90. The Balaban J connectivity index is 3.40. The summed E-state index contributed by atoms with van der Waals surface area (Å²) in [6, 6.07) is 0.840. The Labute approximate surface area is 120 Å². The summed E-state index contributed by atoms with van der Waals surface area (Å²) in [6.07, 6.45) is 1.09. The second kappa shape index (κ2) is 5.86. The first-order valence-electron chi connectivity index (χ1n) is 6.08. The molecule has 0 aliphatic heterocycles. The van der Waals surface area contributed by atoms with Gasteiger partial charge < -0.3 is 9.30 Å². The van der Waals surface area contributed by atoms with Crippen LogP contribution in [-0.4, -0.2) is 28.4 Å². The predicted molar refractivity (Wildman–Crippen MR) is 73.2 cm³/mol. The standard InChI is InChI=1S/C13H16N2O6/c1-13(2,3)10(16)7-14-6-8(12(18)21-4)5-9(11(14)17)15(19)20/h5-6H,7H2,1-4H3. The van der Waals surface area contributed by atoms with Crippen LogP contribution in [0.1, 0.15) is 31.1 Å². The van der Waals surface area contributed by atoms with E-state index in [4.69, 9.17) is 0 Å². The number of rotatable bonds is 4. The van der Waals surface area contributed by atoms with E-state index < -0.39 is 27.6 Å². The Morgan fingerprint density at radius 3 is 2.38 bits per heavy atom. The van der Waals surface area contributed by atoms with Gasteiger partial charge in [-0.2, -0.15) is 0 Å². The summed E-state index contributed by atoms with van der Waals surface area (Å²) in [7, 11) is 1.12. The van der Waals surface area contributed by atoms with Crippen LogP contribution in [0.2, 0.25) is 0 Å². The lowest BCUT2D eigenvalue weighted by Gasteiger charge is -2.17. The van der Waals surface area contributed by atoms with Crippen molar-refractivity contribution < 1.29 is 19.2 Å². The van der Waals surface area contributed by atoms with E-state index in [1.165, 1.54) is 0 Å². The normalized spacial score (nSPS) is 11.0. The van der Waals surface area contributed by atoms with Crippen LogP contribution >= 0.6 is 0 Å². The number of methoxy groups -OCH3 is 1. The van der Waals surface area contributed by atoms with Gasteiger partial charge in [-0.15, -0.1) is 0 Å². The minimum absolute atomic E-state index is 0.162. The fourth-order valence-corrected chi connectivity index (χ4v) is 1.49. The fraction of sp³-hybridized carbons (Fsp3) is 0.462. The number of pyridine rings is 1. The number of Topliss-reactive ketones (excluding diaryl/α,β-unsaturated/α-hetero) is 1. The van der Waals surface area contributed by atoms with Crippen LogP contribution in [0.5, 0.6) is 0 Å². The molecule has 0 saturated carbocycles. The molecule has 1 heterocycles. The van der Waals surface area contributed by atoms with Crippen LogP contribution in [0, 0.1) is 15.5 Å². The van der Waals surface area contributed by atoms with Gasteiger partial charge in [-0.05, 0) is 0 Å². The molecule has 1 aromatic rings. The van der Waals surface area contributed by atoms with Crippen LogP contribution in [0.25, 0.3) is 0 Å². The average molecular weight is 296 g/mol. The molecule has 0 amide bonds. The van der Waals surface area contributed by atoms with Gasteiger partial charge in [0.1, 0.15) is 0 Å². The smallest absolute Gasteiger partial charge is 0.339 e. The van der Waals surface area contributed by atoms with Crippen molar-refractivity contribution in [3.63, 3.8) is 0 Å². The molecule has 8 heteroatoms. The number of nitro groups is 1. The number of carbonyl (C=O) groups is 2. The molecule has 0 radical (unpaired) electrons. The summed E-state index contributed by atoms with van der Waals surface area (Å²) in [5.41, 5.74) is -2.59. The van der Waals surface area contributed by atoms with Crippen LogP contribution in [-0.2, 0) is 16.1 Å². The number of nitrogens with zero attached hydrogens (tertiary/aromatic N) is 2. The lowest BCUT2D eigenvalue weighted by Crippen LogP contribution is -2.32. The van der Waals surface area contributed by atoms with Crippen molar-refractivity contribution in [1.29, 1.82) is 0 Å². The van der Waals surface area contributed by atoms with Crippen molar-refractivity contribution in [2.75, 3.05) is 7.11 Å². The maximum Gasteiger partial charge on any atom is 0.339 e. The lowest BCUT2D eigenvalue weighted by atomic mass is 9.91. The zero-order chi connectivity index (χ0) is 16.4. The summed E-state index contributed by atoms with van der Waals surface area (Å²) < 4.78 is 5.34. The molecule has 0 atom stereocenters. The molecule has 8 nitrogen and oxygen atoms in total. The van der Waals surface area contributed by atoms with Crippen molar-refractivity contribution >= 4 is 17.4 Å². The quantitative estimate of drug-likeness (QED) is 0.468. The minimum atomic E-state index is -0.940. The molecule has 0 unspecified atom stereocenters. The summed E-state index contributed by atoms with van der Waals surface area (Å²) in [5, 5.41) is 10.9. The monoisotopic (exact) mass is 296 g/mol. The SMILES string of the molecule is COC(=O)c1cc([N+](=O)[O-])c(=O)n(CC(=O)C(C)(C)C)c1. The molecule has 1 aromatic heterocycles. The molecule has 0 bridgehead atoms. The van der Waals surface area contributed by atoms with Gasteiger partial charge in [0.25, 0.3) is 0 Å². The Hall–Kier alpha value is -2.51. The van der Waals surface area contributed by atoms with Gasteiger partial charge in [0, 0.05) is 17.7 Å². The highest BCUT2D eigenvalue weighted by Gasteiger charge is 2.25. The Morgan fingerprint density at radius 2 is 1.95 bits per heavy atom. The van der Waals surface area contributed by atoms with E-state index in [2.05, 4.69) is 4.74 Å². The van der Waals surface area contributed by atoms with E-state index in [0.717, 1.165) is 23.9 Å². The highest BCUT2D eigenvalue weighted by atomic mass is 16.6. The molecule has 114 valence electrons. The van der Waals surface area contributed by atoms with E-state index in [-0.39, 0.29) is 17.9 Å². The number of esters is 1. The Kier molecular flexibility index (Phi) is 4.62. The zero-order valence-electron chi connectivity index (χ0n) is 12.2. The van der Waals surface area contributed by atoms with E-state index in [0.29, 0.717) is 0 Å². The molecule has 0 N–H and O–H groups in total. The highest BCUT2D eigenvalue weighted by Crippen LogP contribution is 2.16. The third kappa shape index (κ3) is 3.74. The second-order valence-electron chi connectivity index (χ2n) is 5.47. The minimum Gasteiger partial charge on any atom is -0.465 e. The Morgan fingerprint density at radius 1 is 1.38 bits per heavy atom. The summed E-state index contributed by atoms with van der Waals surface area (Å²) in [5.74, 6) is -1.11. The average Bonchev–Trinajstić information content (AvgIpc) is 2.38. The molecular weight excluding hydrogens is 280 g/mol. The number of ether oxygens (including phenoxy) is 1. The van der Waals surface area contributed by atoms with Gasteiger partial charge in [0.05, 0.1) is 24.1 Å². The second-order valence-corrected chi connectivity index (χ2v) is 5.47. The molecule has 0 saturated heterocycles. The molecule has 0 fully saturated rings. The van der Waals surface area contributed by atoms with Gasteiger partial charge in [-0.3, -0.25) is 19.7 Å². The molecule has 21 heavy (non-hydrogen) atoms. The number of carbonyl (C=O) groups excluding carboxylic acids is 2. The van der Waals surface area contributed by atoms with Crippen molar-refractivity contribution in [1.82, 2.24) is 4.57 Å². The van der Waals surface area contributed by atoms with Gasteiger partial charge in [0.2, 0.25) is 0 Å². The Bertz CT molecular complexity index is 654. The van der Waals surface area contributed by atoms with Gasteiger partial charge >= 0.3 is 17.2 Å². The van der Waals surface area contributed by atoms with Crippen molar-refractivity contribution in [3.8, 4) is 0 Å². The fourth-order valence-electron chi connectivity index (χ4n) is 1.49. The summed E-state index contributed by atoms with van der Waals surface area (Å²) in [4.78, 5) is 45.4. The number of ketones is 1. The molecular formula is C13H16N2O6. The van der Waals surface area contributed by atoms with Crippen LogP contribution < -0.4 is 5.56 Å². The van der Waals surface area contributed by atoms with E-state index in [1.54, 1.807) is 20.8 Å². The van der Waals surface area contributed by atoms with Crippen LogP contribution in [0.4, 0.5) is 5.69 Å². The largest absolute Gasteiger partial charge is 0.465 e. The van der Waals surface area contributed by atoms with Gasteiger partial charge in [0.15, 0.2) is 5.78 Å². The molecule has 0 aliphatic carbocycles. The van der Waals surface area contributed by atoms with Crippen LogP contribution in [0.15, 0.2) is 17.1 Å². The van der Waals surface area contributed by atoms with E-state index in [1.807, 2.05) is 0 Å². The molecule has 0 spiro atoms. The van der Waals surface area contributed by atoms with Crippen molar-refractivity contribution in [2.24, 2.45) is 5.41 Å². The van der Waals surface area contributed by atoms with Crippen molar-refractivity contribution in [3.05, 3.63) is 38.3 Å². The maximum atomic E-state index is 12.0. The number of aromatic nitrogens is 1. The lowest BCUT2D eigenvalue weighted by molar-refractivity contribution is -0.386. The molecule has 0 aliphatic rings. The first-order valence-corrected chi connectivity index (χ1v) is 6.08. The maximum absolute atomic E-state index is 12.0. The topological polar surface area (TPSA) is 109 Å². The number of hydrogen-bond acceptors (Lipinski definition) is 6. The third-order valence-corrected chi connectivity index (χ3v) is 2.84. The number of hydrogen-bond donors (Lipinski definition) is 0.